The van der Waals surface area contributed by atoms with Crippen LogP contribution in [0.4, 0.5) is 0 Å². The van der Waals surface area contributed by atoms with Crippen molar-refractivity contribution in [1.29, 1.82) is 0 Å². The van der Waals surface area contributed by atoms with Crippen molar-refractivity contribution >= 4 is 27.7 Å². The van der Waals surface area contributed by atoms with Crippen molar-refractivity contribution in [3.8, 4) is 0 Å². The van der Waals surface area contributed by atoms with Gasteiger partial charge in [0.2, 0.25) is 5.91 Å². The van der Waals surface area contributed by atoms with E-state index in [1.165, 1.54) is 31.2 Å². The predicted molar refractivity (Wildman–Crippen MR) is 107 cm³/mol. The first kappa shape index (κ1) is 23.0. The largest absolute Gasteiger partial charge is 0.395 e. The number of carbonyl (C=O) groups is 3. The molecule has 0 aliphatic heterocycles. The van der Waals surface area contributed by atoms with Crippen molar-refractivity contribution < 1.29 is 27.9 Å². The summed E-state index contributed by atoms with van der Waals surface area (Å²) in [6.45, 7) is 1.58. The maximum absolute atomic E-state index is 12.5. The maximum atomic E-state index is 12.5. The van der Waals surface area contributed by atoms with Crippen LogP contribution in [0.3, 0.4) is 0 Å². The molecule has 160 valence electrons. The fourth-order valence-electron chi connectivity index (χ4n) is 2.41. The zero-order chi connectivity index (χ0) is 22.1. The SMILES string of the molecule is CC(=O)NCCc1cccc(S(=O)(=O)NC(=O)c2ccc(C(=O)NCCO)nc2)c1. The molecule has 0 bridgehead atoms. The zero-order valence-corrected chi connectivity index (χ0v) is 17.0. The molecule has 3 amide bonds. The minimum Gasteiger partial charge on any atom is -0.395 e. The molecule has 0 aliphatic rings. The third-order valence-electron chi connectivity index (χ3n) is 3.88. The van der Waals surface area contributed by atoms with E-state index < -0.39 is 21.8 Å². The van der Waals surface area contributed by atoms with E-state index in [0.29, 0.717) is 18.5 Å². The van der Waals surface area contributed by atoms with Crippen LogP contribution >= 0.6 is 0 Å². The number of hydrogen-bond donors (Lipinski definition) is 4. The Labute approximate surface area is 173 Å². The molecule has 0 unspecified atom stereocenters. The molecule has 10 nitrogen and oxygen atoms in total. The lowest BCUT2D eigenvalue weighted by Crippen LogP contribution is -2.31. The third-order valence-corrected chi connectivity index (χ3v) is 5.21. The molecule has 0 fully saturated rings. The highest BCUT2D eigenvalue weighted by atomic mass is 32.2. The average molecular weight is 434 g/mol. The molecule has 1 aromatic heterocycles. The Morgan fingerprint density at radius 2 is 1.80 bits per heavy atom. The monoisotopic (exact) mass is 434 g/mol. The number of rotatable bonds is 9. The van der Waals surface area contributed by atoms with Gasteiger partial charge in [0.25, 0.3) is 21.8 Å². The highest BCUT2D eigenvalue weighted by Gasteiger charge is 2.20. The number of aliphatic hydroxyl groups is 1. The minimum atomic E-state index is -4.13. The van der Waals surface area contributed by atoms with Crippen LogP contribution in [0.15, 0.2) is 47.5 Å². The van der Waals surface area contributed by atoms with Crippen LogP contribution in [-0.4, -0.2) is 55.9 Å². The first-order chi connectivity index (χ1) is 14.2. The number of aromatic nitrogens is 1. The van der Waals surface area contributed by atoms with Gasteiger partial charge in [-0.05, 0) is 36.2 Å². The van der Waals surface area contributed by atoms with Gasteiger partial charge in [-0.25, -0.2) is 13.1 Å². The summed E-state index contributed by atoms with van der Waals surface area (Å²) in [7, 11) is -4.13. The molecule has 0 radical (unpaired) electrons. The van der Waals surface area contributed by atoms with E-state index in [1.807, 2.05) is 4.72 Å². The summed E-state index contributed by atoms with van der Waals surface area (Å²) in [4.78, 5) is 38.7. The number of pyridine rings is 1. The molecule has 4 N–H and O–H groups in total. The molecule has 11 heteroatoms. The normalized spacial score (nSPS) is 10.9. The van der Waals surface area contributed by atoms with Gasteiger partial charge in [0.15, 0.2) is 0 Å². The first-order valence-corrected chi connectivity index (χ1v) is 10.5. The first-order valence-electron chi connectivity index (χ1n) is 8.98. The maximum Gasteiger partial charge on any atom is 0.269 e. The van der Waals surface area contributed by atoms with Crippen LogP contribution in [0.2, 0.25) is 0 Å². The second-order valence-corrected chi connectivity index (χ2v) is 7.91. The van der Waals surface area contributed by atoms with Crippen molar-refractivity contribution in [2.45, 2.75) is 18.2 Å². The molecule has 0 saturated carbocycles. The van der Waals surface area contributed by atoms with E-state index in [0.717, 1.165) is 6.20 Å². The Morgan fingerprint density at radius 3 is 2.43 bits per heavy atom. The van der Waals surface area contributed by atoms with Crippen LogP contribution in [0.1, 0.15) is 33.3 Å². The third kappa shape index (κ3) is 6.64. The standard InChI is InChI=1S/C19H22N4O6S/c1-13(25)20-8-7-14-3-2-4-16(11-14)30(28,29)23-18(26)15-5-6-17(22-12-15)19(27)21-9-10-24/h2-6,11-12,24H,7-10H2,1H3,(H,20,25)(H,21,27)(H,23,26). The van der Waals surface area contributed by atoms with Crippen molar-refractivity contribution in [1.82, 2.24) is 20.3 Å². The Morgan fingerprint density at radius 1 is 1.03 bits per heavy atom. The number of hydrogen-bond acceptors (Lipinski definition) is 7. The molecule has 30 heavy (non-hydrogen) atoms. The van der Waals surface area contributed by atoms with Gasteiger partial charge < -0.3 is 15.7 Å². The number of benzene rings is 1. The molecule has 0 spiro atoms. The van der Waals surface area contributed by atoms with Gasteiger partial charge >= 0.3 is 0 Å². The molecular formula is C19H22N4O6S. The predicted octanol–water partition coefficient (Wildman–Crippen LogP) is -0.399. The topological polar surface area (TPSA) is 155 Å². The van der Waals surface area contributed by atoms with Gasteiger partial charge in [-0.2, -0.15) is 0 Å². The lowest BCUT2D eigenvalue weighted by atomic mass is 10.1. The summed E-state index contributed by atoms with van der Waals surface area (Å²) >= 11 is 0. The minimum absolute atomic E-state index is 0.0229. The van der Waals surface area contributed by atoms with E-state index in [4.69, 9.17) is 5.11 Å². The van der Waals surface area contributed by atoms with Gasteiger partial charge in [0.1, 0.15) is 5.69 Å². The summed E-state index contributed by atoms with van der Waals surface area (Å²) in [6.07, 6.45) is 1.52. The Bertz CT molecular complexity index is 1020. The fourth-order valence-corrected chi connectivity index (χ4v) is 3.46. The van der Waals surface area contributed by atoms with Gasteiger partial charge in [-0.3, -0.25) is 19.4 Å². The molecule has 0 saturated heterocycles. The smallest absolute Gasteiger partial charge is 0.269 e. The summed E-state index contributed by atoms with van der Waals surface area (Å²) in [5, 5.41) is 13.7. The van der Waals surface area contributed by atoms with E-state index in [1.54, 1.807) is 12.1 Å². The van der Waals surface area contributed by atoms with Crippen molar-refractivity contribution in [3.63, 3.8) is 0 Å². The molecule has 1 heterocycles. The molecule has 1 aromatic carbocycles. The van der Waals surface area contributed by atoms with Gasteiger partial charge in [0.05, 0.1) is 17.1 Å². The van der Waals surface area contributed by atoms with E-state index in [-0.39, 0.29) is 35.2 Å². The molecule has 2 rings (SSSR count). The van der Waals surface area contributed by atoms with Crippen molar-refractivity contribution in [2.24, 2.45) is 0 Å². The number of nitrogens with zero attached hydrogens (tertiary/aromatic N) is 1. The molecule has 0 aliphatic carbocycles. The summed E-state index contributed by atoms with van der Waals surface area (Å²) < 4.78 is 27.0. The van der Waals surface area contributed by atoms with E-state index in [9.17, 15) is 22.8 Å². The molecular weight excluding hydrogens is 412 g/mol. The zero-order valence-electron chi connectivity index (χ0n) is 16.2. The van der Waals surface area contributed by atoms with E-state index >= 15 is 0 Å². The lowest BCUT2D eigenvalue weighted by molar-refractivity contribution is -0.118. The van der Waals surface area contributed by atoms with Crippen LogP contribution in [0.5, 0.6) is 0 Å². The average Bonchev–Trinajstić information content (AvgIpc) is 2.71. The van der Waals surface area contributed by atoms with Crippen LogP contribution in [0, 0.1) is 0 Å². The quantitative estimate of drug-likeness (QED) is 0.419. The van der Waals surface area contributed by atoms with Crippen molar-refractivity contribution in [2.75, 3.05) is 19.7 Å². The lowest BCUT2D eigenvalue weighted by Gasteiger charge is -2.09. The Balaban J connectivity index is 2.06. The Kier molecular flexibility index (Phi) is 8.01. The van der Waals surface area contributed by atoms with E-state index in [2.05, 4.69) is 15.6 Å². The fraction of sp³-hybridized carbons (Fsp3) is 0.263. The van der Waals surface area contributed by atoms with Crippen LogP contribution in [0.25, 0.3) is 0 Å². The molecule has 0 atom stereocenters. The van der Waals surface area contributed by atoms with Gasteiger partial charge in [-0.1, -0.05) is 12.1 Å². The highest BCUT2D eigenvalue weighted by Crippen LogP contribution is 2.13. The van der Waals surface area contributed by atoms with Crippen LogP contribution < -0.4 is 15.4 Å². The summed E-state index contributed by atoms with van der Waals surface area (Å²) in [5.41, 5.74) is 0.660. The number of carbonyl (C=O) groups excluding carboxylic acids is 3. The summed E-state index contributed by atoms with van der Waals surface area (Å²) in [5.74, 6) is -1.61. The molecule has 2 aromatic rings. The second kappa shape index (κ2) is 10.5. The van der Waals surface area contributed by atoms with Crippen LogP contribution in [-0.2, 0) is 21.2 Å². The second-order valence-electron chi connectivity index (χ2n) is 6.23. The number of aliphatic hydroxyl groups excluding tert-OH is 1. The van der Waals surface area contributed by atoms with Gasteiger partial charge in [0, 0.05) is 26.2 Å². The summed E-state index contributed by atoms with van der Waals surface area (Å²) in [6, 6.07) is 8.58. The number of sulfonamides is 1. The van der Waals surface area contributed by atoms with Crippen molar-refractivity contribution in [3.05, 3.63) is 59.4 Å². The van der Waals surface area contributed by atoms with Gasteiger partial charge in [-0.15, -0.1) is 0 Å². The highest BCUT2D eigenvalue weighted by molar-refractivity contribution is 7.90. The Hall–Kier alpha value is -3.31. The number of amides is 3. The number of nitrogens with one attached hydrogen (secondary N) is 3.